The highest BCUT2D eigenvalue weighted by molar-refractivity contribution is 5.84. The number of nitrogens with zero attached hydrogens (tertiary/aromatic N) is 1. The van der Waals surface area contributed by atoms with Crippen LogP contribution in [0.1, 0.15) is 0 Å². The maximum atomic E-state index is 13.0. The van der Waals surface area contributed by atoms with Crippen LogP contribution in [-0.4, -0.2) is 4.98 Å². The Labute approximate surface area is 109 Å². The molecule has 3 rings (SSSR count). The third-order valence-electron chi connectivity index (χ3n) is 2.79. The predicted octanol–water partition coefficient (Wildman–Crippen LogP) is 3.75. The van der Waals surface area contributed by atoms with Crippen molar-refractivity contribution in [2.75, 3.05) is 5.73 Å². The fourth-order valence-corrected chi connectivity index (χ4v) is 1.89. The van der Waals surface area contributed by atoms with Gasteiger partial charge in [0.05, 0.1) is 5.69 Å². The van der Waals surface area contributed by atoms with E-state index in [0.717, 1.165) is 10.9 Å². The van der Waals surface area contributed by atoms with Gasteiger partial charge >= 0.3 is 0 Å². The van der Waals surface area contributed by atoms with Crippen LogP contribution in [0.25, 0.3) is 10.9 Å². The van der Waals surface area contributed by atoms with Gasteiger partial charge in [-0.1, -0.05) is 18.2 Å². The molecule has 0 aliphatic carbocycles. The Morgan fingerprint density at radius 3 is 2.68 bits per heavy atom. The minimum atomic E-state index is -0.388. The molecular formula is C15H11FN2O. The minimum Gasteiger partial charge on any atom is -0.453 e. The molecule has 0 saturated heterocycles. The first-order valence-electron chi connectivity index (χ1n) is 5.81. The number of hydrogen-bond acceptors (Lipinski definition) is 3. The van der Waals surface area contributed by atoms with Gasteiger partial charge in [-0.2, -0.15) is 0 Å². The van der Waals surface area contributed by atoms with Crippen LogP contribution in [0, 0.1) is 5.82 Å². The topological polar surface area (TPSA) is 48.1 Å². The van der Waals surface area contributed by atoms with Gasteiger partial charge < -0.3 is 10.5 Å². The van der Waals surface area contributed by atoms with Crippen molar-refractivity contribution >= 4 is 16.6 Å². The third kappa shape index (κ3) is 2.20. The van der Waals surface area contributed by atoms with Crippen molar-refractivity contribution in [2.45, 2.75) is 0 Å². The monoisotopic (exact) mass is 254 g/mol. The lowest BCUT2D eigenvalue weighted by atomic mass is 10.2. The maximum absolute atomic E-state index is 13.0. The maximum Gasteiger partial charge on any atom is 0.153 e. The molecule has 0 amide bonds. The van der Waals surface area contributed by atoms with E-state index in [0.29, 0.717) is 11.5 Å². The fraction of sp³-hybridized carbons (Fsp3) is 0. The molecule has 2 aromatic carbocycles. The lowest BCUT2D eigenvalue weighted by Gasteiger charge is -2.10. The van der Waals surface area contributed by atoms with Gasteiger partial charge in [0.25, 0.3) is 0 Å². The van der Waals surface area contributed by atoms with Gasteiger partial charge in [-0.15, -0.1) is 0 Å². The number of benzene rings is 2. The Morgan fingerprint density at radius 2 is 1.84 bits per heavy atom. The average Bonchev–Trinajstić information content (AvgIpc) is 2.42. The predicted molar refractivity (Wildman–Crippen MR) is 72.6 cm³/mol. The van der Waals surface area contributed by atoms with Crippen LogP contribution in [0.5, 0.6) is 11.5 Å². The first-order valence-corrected chi connectivity index (χ1v) is 5.81. The number of hydrogen-bond donors (Lipinski definition) is 1. The summed E-state index contributed by atoms with van der Waals surface area (Å²) in [4.78, 5) is 4.28. The highest BCUT2D eigenvalue weighted by atomic mass is 19.1. The number of anilines is 1. The normalized spacial score (nSPS) is 10.6. The van der Waals surface area contributed by atoms with Crippen LogP contribution >= 0.6 is 0 Å². The van der Waals surface area contributed by atoms with E-state index in [9.17, 15) is 4.39 Å². The smallest absolute Gasteiger partial charge is 0.153 e. The summed E-state index contributed by atoms with van der Waals surface area (Å²) in [6.45, 7) is 0. The van der Waals surface area contributed by atoms with Crippen molar-refractivity contribution in [1.29, 1.82) is 0 Å². The van der Waals surface area contributed by atoms with E-state index in [-0.39, 0.29) is 11.5 Å². The number of nitrogens with two attached hydrogens (primary N) is 1. The summed E-state index contributed by atoms with van der Waals surface area (Å²) in [5.41, 5.74) is 6.73. The number of rotatable bonds is 2. The number of halogens is 1. The fourth-order valence-electron chi connectivity index (χ4n) is 1.89. The summed E-state index contributed by atoms with van der Waals surface area (Å²) < 4.78 is 18.7. The summed E-state index contributed by atoms with van der Waals surface area (Å²) in [5, 5.41) is 0.973. The van der Waals surface area contributed by atoms with E-state index >= 15 is 0 Å². The number of fused-ring (bicyclic) bond motifs is 1. The molecule has 0 bridgehead atoms. The Bertz CT molecular complexity index is 738. The summed E-state index contributed by atoms with van der Waals surface area (Å²) >= 11 is 0. The van der Waals surface area contributed by atoms with E-state index in [1.165, 1.54) is 18.2 Å². The molecule has 0 aliphatic rings. The second kappa shape index (κ2) is 4.57. The van der Waals surface area contributed by atoms with Crippen LogP contribution < -0.4 is 10.5 Å². The number of nitrogen functional groups attached to an aromatic ring is 1. The molecule has 0 spiro atoms. The lowest BCUT2D eigenvalue weighted by molar-refractivity contribution is 0.487. The van der Waals surface area contributed by atoms with Gasteiger partial charge in [-0.3, -0.25) is 4.98 Å². The Morgan fingerprint density at radius 1 is 1.00 bits per heavy atom. The summed E-state index contributed by atoms with van der Waals surface area (Å²) in [5.74, 6) is 0.622. The van der Waals surface area contributed by atoms with Crippen molar-refractivity contribution in [3.63, 3.8) is 0 Å². The van der Waals surface area contributed by atoms with Crippen molar-refractivity contribution in [3.8, 4) is 11.5 Å². The van der Waals surface area contributed by atoms with Crippen LogP contribution in [0.15, 0.2) is 54.7 Å². The Kier molecular flexibility index (Phi) is 2.76. The van der Waals surface area contributed by atoms with E-state index in [4.69, 9.17) is 10.5 Å². The van der Waals surface area contributed by atoms with E-state index < -0.39 is 0 Å². The molecule has 1 aromatic heterocycles. The largest absolute Gasteiger partial charge is 0.453 e. The van der Waals surface area contributed by atoms with Crippen molar-refractivity contribution < 1.29 is 9.13 Å². The van der Waals surface area contributed by atoms with Gasteiger partial charge in [-0.05, 0) is 24.3 Å². The first kappa shape index (κ1) is 11.5. The van der Waals surface area contributed by atoms with Gasteiger partial charge in [0.1, 0.15) is 11.3 Å². The Balaban J connectivity index is 2.06. The van der Waals surface area contributed by atoms with Crippen LogP contribution in [0.4, 0.5) is 10.1 Å². The van der Waals surface area contributed by atoms with Crippen molar-refractivity contribution in [2.24, 2.45) is 0 Å². The molecular weight excluding hydrogens is 243 g/mol. The molecule has 3 nitrogen and oxygen atoms in total. The Hall–Kier alpha value is -2.62. The van der Waals surface area contributed by atoms with Crippen LogP contribution in [0.3, 0.4) is 0 Å². The molecule has 2 N–H and O–H groups in total. The third-order valence-corrected chi connectivity index (χ3v) is 2.79. The molecule has 0 aliphatic heterocycles. The molecule has 0 saturated carbocycles. The zero-order valence-electron chi connectivity index (χ0n) is 10.0. The molecule has 0 fully saturated rings. The molecule has 4 heteroatoms. The van der Waals surface area contributed by atoms with Gasteiger partial charge in [-0.25, -0.2) is 4.39 Å². The minimum absolute atomic E-state index is 0.257. The van der Waals surface area contributed by atoms with Crippen molar-refractivity contribution in [3.05, 3.63) is 60.5 Å². The molecule has 3 aromatic rings. The van der Waals surface area contributed by atoms with E-state index in [1.807, 2.05) is 24.3 Å². The number of ether oxygens (including phenoxy) is 1. The summed E-state index contributed by atoms with van der Waals surface area (Å²) in [6.07, 6.45) is 1.70. The molecule has 0 atom stereocenters. The summed E-state index contributed by atoms with van der Waals surface area (Å²) in [7, 11) is 0. The van der Waals surface area contributed by atoms with Gasteiger partial charge in [0.15, 0.2) is 11.5 Å². The van der Waals surface area contributed by atoms with Crippen LogP contribution in [-0.2, 0) is 0 Å². The second-order valence-electron chi connectivity index (χ2n) is 4.12. The highest BCUT2D eigenvalue weighted by Gasteiger charge is 2.07. The number of pyridine rings is 1. The number of para-hydroxylation sites is 1. The standard InChI is InChI=1S/C15H11FN2O/c16-11-6-7-13(12(17)9-11)19-14-5-1-3-10-4-2-8-18-15(10)14/h1-9H,17H2. The highest BCUT2D eigenvalue weighted by Crippen LogP contribution is 2.31. The average molecular weight is 254 g/mol. The van der Waals surface area contributed by atoms with E-state index in [2.05, 4.69) is 4.98 Å². The van der Waals surface area contributed by atoms with E-state index in [1.54, 1.807) is 12.3 Å². The molecule has 94 valence electrons. The quantitative estimate of drug-likeness (QED) is 0.708. The molecule has 0 unspecified atom stereocenters. The van der Waals surface area contributed by atoms with Crippen LogP contribution in [0.2, 0.25) is 0 Å². The second-order valence-corrected chi connectivity index (χ2v) is 4.12. The first-order chi connectivity index (χ1) is 9.24. The molecule has 0 radical (unpaired) electrons. The SMILES string of the molecule is Nc1cc(F)ccc1Oc1cccc2cccnc12. The van der Waals surface area contributed by atoms with Gasteiger partial charge in [0, 0.05) is 17.6 Å². The zero-order chi connectivity index (χ0) is 13.2. The number of aromatic nitrogens is 1. The lowest BCUT2D eigenvalue weighted by Crippen LogP contribution is -1.94. The van der Waals surface area contributed by atoms with Crippen molar-refractivity contribution in [1.82, 2.24) is 4.98 Å². The summed E-state index contributed by atoms with van der Waals surface area (Å²) in [6, 6.07) is 13.5. The van der Waals surface area contributed by atoms with Gasteiger partial charge in [0.2, 0.25) is 0 Å². The zero-order valence-corrected chi connectivity index (χ0v) is 10.0. The molecule has 19 heavy (non-hydrogen) atoms. The molecule has 1 heterocycles.